The molecule has 0 amide bonds. The summed E-state index contributed by atoms with van der Waals surface area (Å²) in [7, 11) is 0. The van der Waals surface area contributed by atoms with Gasteiger partial charge in [0.05, 0.1) is 6.10 Å². The third kappa shape index (κ3) is 8.35. The highest BCUT2D eigenvalue weighted by Gasteiger charge is 2.40. The second-order valence-electron chi connectivity index (χ2n) is 8.46. The van der Waals surface area contributed by atoms with Crippen molar-refractivity contribution in [1.29, 1.82) is 0 Å². The second-order valence-corrected chi connectivity index (χ2v) is 10.2. The third-order valence-corrected chi connectivity index (χ3v) is 6.62. The van der Waals surface area contributed by atoms with Gasteiger partial charge in [0, 0.05) is 37.0 Å². The standard InChI is InChI=1S/C22H30F3N3O5S2/c1-6-8-31-16-10-18(28-11-15(22(23,24)25)19(29)26-20(28)30)33-17(16)12-32-21(34)35-9-7-27(13(2)3)14(4)5/h1,11,13-14,16-18H,7-10,12H2,2-5H3,(H,26,29,30)/t16-,17+,18+/m0/s1. The number of H-pyrrole nitrogens is 1. The Morgan fingerprint density at radius 2 is 2.03 bits per heavy atom. The van der Waals surface area contributed by atoms with Gasteiger partial charge in [-0.3, -0.25) is 19.2 Å². The van der Waals surface area contributed by atoms with Gasteiger partial charge in [-0.05, 0) is 39.9 Å². The van der Waals surface area contributed by atoms with Gasteiger partial charge in [0.1, 0.15) is 31.1 Å². The van der Waals surface area contributed by atoms with Crippen LogP contribution in [0.25, 0.3) is 0 Å². The first-order valence-corrected chi connectivity index (χ1v) is 12.4. The molecule has 0 unspecified atom stereocenters. The van der Waals surface area contributed by atoms with Crippen LogP contribution in [-0.2, 0) is 20.4 Å². The molecule has 0 aliphatic carbocycles. The lowest BCUT2D eigenvalue weighted by Gasteiger charge is -2.30. The number of thiocarbonyl (C=S) groups is 1. The number of nitrogens with one attached hydrogen (secondary N) is 1. The molecule has 2 heterocycles. The van der Waals surface area contributed by atoms with Crippen LogP contribution in [0, 0.1) is 12.3 Å². The number of hydrogen-bond acceptors (Lipinski definition) is 8. The van der Waals surface area contributed by atoms with Gasteiger partial charge in [0.15, 0.2) is 0 Å². The van der Waals surface area contributed by atoms with E-state index in [2.05, 4.69) is 38.5 Å². The highest BCUT2D eigenvalue weighted by molar-refractivity contribution is 8.22. The van der Waals surface area contributed by atoms with E-state index < -0.39 is 41.4 Å². The average Bonchev–Trinajstić information content (AvgIpc) is 3.14. The van der Waals surface area contributed by atoms with Crippen molar-refractivity contribution in [2.24, 2.45) is 0 Å². The van der Waals surface area contributed by atoms with Crippen LogP contribution in [0.3, 0.4) is 0 Å². The Balaban J connectivity index is 2.05. The number of aromatic nitrogens is 2. The Morgan fingerprint density at radius 3 is 2.60 bits per heavy atom. The smallest absolute Gasteiger partial charge is 0.423 e. The SMILES string of the molecule is C#CCO[C@H]1C[C@H](n2cc(C(F)(F)F)c(=O)[nH]c2=O)O[C@@H]1COC(=S)SCCN(C(C)C)C(C)C. The largest absolute Gasteiger partial charge is 0.476 e. The maximum atomic E-state index is 13.2. The number of terminal acetylenes is 1. The lowest BCUT2D eigenvalue weighted by atomic mass is 10.2. The quantitative estimate of drug-likeness (QED) is 0.360. The number of rotatable bonds is 10. The fraction of sp³-hybridized carbons (Fsp3) is 0.682. The Morgan fingerprint density at radius 1 is 1.37 bits per heavy atom. The monoisotopic (exact) mass is 537 g/mol. The van der Waals surface area contributed by atoms with Crippen LogP contribution >= 0.6 is 24.0 Å². The molecule has 1 aromatic rings. The van der Waals surface area contributed by atoms with Gasteiger partial charge >= 0.3 is 11.9 Å². The van der Waals surface area contributed by atoms with E-state index in [9.17, 15) is 22.8 Å². The molecule has 2 rings (SSSR count). The number of nitrogens with zero attached hydrogens (tertiary/aromatic N) is 2. The van der Waals surface area contributed by atoms with E-state index in [1.807, 2.05) is 0 Å². The summed E-state index contributed by atoms with van der Waals surface area (Å²) in [4.78, 5) is 27.8. The molecule has 1 aliphatic heterocycles. The molecule has 1 saturated heterocycles. The molecule has 0 radical (unpaired) electrons. The molecule has 1 aliphatic rings. The van der Waals surface area contributed by atoms with Gasteiger partial charge in [-0.25, -0.2) is 4.79 Å². The Hall–Kier alpha value is -1.85. The van der Waals surface area contributed by atoms with Crippen LogP contribution < -0.4 is 11.2 Å². The van der Waals surface area contributed by atoms with Gasteiger partial charge in [0.2, 0.25) is 4.38 Å². The molecule has 0 bridgehead atoms. The highest BCUT2D eigenvalue weighted by atomic mass is 32.2. The molecule has 1 fully saturated rings. The molecule has 0 saturated carbocycles. The van der Waals surface area contributed by atoms with Gasteiger partial charge in [-0.15, -0.1) is 6.42 Å². The zero-order valence-electron chi connectivity index (χ0n) is 20.0. The van der Waals surface area contributed by atoms with Crippen LogP contribution in [0.1, 0.15) is 45.9 Å². The molecule has 196 valence electrons. The van der Waals surface area contributed by atoms with Crippen LogP contribution in [0.15, 0.2) is 15.8 Å². The maximum Gasteiger partial charge on any atom is 0.423 e. The third-order valence-electron chi connectivity index (χ3n) is 5.41. The maximum absolute atomic E-state index is 13.2. The van der Waals surface area contributed by atoms with Crippen LogP contribution in [0.5, 0.6) is 0 Å². The summed E-state index contributed by atoms with van der Waals surface area (Å²) in [6, 6.07) is 0.773. The second kappa shape index (κ2) is 12.9. The molecule has 13 heteroatoms. The van der Waals surface area contributed by atoms with Gasteiger partial charge < -0.3 is 14.2 Å². The number of thioether (sulfide) groups is 1. The lowest BCUT2D eigenvalue weighted by Crippen LogP contribution is -2.38. The summed E-state index contributed by atoms with van der Waals surface area (Å²) in [5.74, 6) is 3.04. The zero-order chi connectivity index (χ0) is 26.3. The van der Waals surface area contributed by atoms with Gasteiger partial charge in [-0.2, -0.15) is 13.2 Å². The van der Waals surface area contributed by atoms with Crippen LogP contribution in [0.2, 0.25) is 0 Å². The van der Waals surface area contributed by atoms with E-state index in [1.165, 1.54) is 11.8 Å². The predicted octanol–water partition coefficient (Wildman–Crippen LogP) is 3.01. The van der Waals surface area contributed by atoms with Crippen molar-refractivity contribution in [3.8, 4) is 12.3 Å². The molecule has 1 aromatic heterocycles. The van der Waals surface area contributed by atoms with E-state index in [-0.39, 0.29) is 19.6 Å². The fourth-order valence-electron chi connectivity index (χ4n) is 3.79. The van der Waals surface area contributed by atoms with E-state index in [0.29, 0.717) is 33.0 Å². The summed E-state index contributed by atoms with van der Waals surface area (Å²) in [5, 5.41) is 0. The fourth-order valence-corrected chi connectivity index (χ4v) is 4.73. The molecular weight excluding hydrogens is 507 g/mol. The van der Waals surface area contributed by atoms with Crippen LogP contribution in [0.4, 0.5) is 13.2 Å². The van der Waals surface area contributed by atoms with E-state index in [0.717, 1.165) is 6.54 Å². The van der Waals surface area contributed by atoms with Crippen molar-refractivity contribution in [1.82, 2.24) is 14.5 Å². The first-order chi connectivity index (χ1) is 16.3. The van der Waals surface area contributed by atoms with Crippen molar-refractivity contribution >= 4 is 28.4 Å². The summed E-state index contributed by atoms with van der Waals surface area (Å²) >= 11 is 6.65. The number of halogens is 3. The summed E-state index contributed by atoms with van der Waals surface area (Å²) in [5.41, 5.74) is -4.06. The van der Waals surface area contributed by atoms with Crippen LogP contribution in [-0.4, -0.2) is 68.6 Å². The number of hydrogen-bond donors (Lipinski definition) is 1. The number of aromatic amines is 1. The first kappa shape index (κ1) is 29.4. The summed E-state index contributed by atoms with van der Waals surface area (Å²) in [6.07, 6.45) is -1.74. The Labute approximate surface area is 211 Å². The number of alkyl halides is 3. The minimum atomic E-state index is -4.94. The molecule has 3 atom stereocenters. The van der Waals surface area contributed by atoms with Gasteiger partial charge in [-0.1, -0.05) is 17.7 Å². The van der Waals surface area contributed by atoms with E-state index in [4.69, 9.17) is 32.9 Å². The summed E-state index contributed by atoms with van der Waals surface area (Å²) < 4.78 is 57.4. The van der Waals surface area contributed by atoms with Crippen molar-refractivity contribution in [2.45, 2.75) is 70.8 Å². The molecular formula is C22H30F3N3O5S2. The van der Waals surface area contributed by atoms with Gasteiger partial charge in [0.25, 0.3) is 5.56 Å². The van der Waals surface area contributed by atoms with E-state index in [1.54, 1.807) is 4.98 Å². The molecule has 35 heavy (non-hydrogen) atoms. The summed E-state index contributed by atoms with van der Waals surface area (Å²) in [6.45, 7) is 9.19. The first-order valence-electron chi connectivity index (χ1n) is 11.0. The zero-order valence-corrected chi connectivity index (χ0v) is 21.6. The lowest BCUT2D eigenvalue weighted by molar-refractivity contribution is -0.139. The minimum absolute atomic E-state index is 0.0244. The molecule has 0 spiro atoms. The minimum Gasteiger partial charge on any atom is -0.476 e. The van der Waals surface area contributed by atoms with Crippen molar-refractivity contribution in [3.05, 3.63) is 32.6 Å². The predicted molar refractivity (Wildman–Crippen MR) is 131 cm³/mol. The van der Waals surface area contributed by atoms with Crippen molar-refractivity contribution in [2.75, 3.05) is 25.5 Å². The normalized spacial score (nSPS) is 20.5. The van der Waals surface area contributed by atoms with Crippen molar-refractivity contribution < 1.29 is 27.4 Å². The molecule has 0 aromatic carbocycles. The molecule has 1 N–H and O–H groups in total. The van der Waals surface area contributed by atoms with E-state index >= 15 is 0 Å². The molecule has 8 nitrogen and oxygen atoms in total. The number of ether oxygens (including phenoxy) is 3. The topological polar surface area (TPSA) is 85.8 Å². The Kier molecular flexibility index (Phi) is 10.8. The highest BCUT2D eigenvalue weighted by Crippen LogP contribution is 2.32. The Bertz CT molecular complexity index is 1010. The average molecular weight is 538 g/mol. The van der Waals surface area contributed by atoms with Crippen molar-refractivity contribution in [3.63, 3.8) is 0 Å².